The van der Waals surface area contributed by atoms with Crippen LogP contribution in [0.2, 0.25) is 0 Å². The van der Waals surface area contributed by atoms with Crippen LogP contribution in [0.4, 0.5) is 5.13 Å². The van der Waals surface area contributed by atoms with Crippen LogP contribution < -0.4 is 10.1 Å². The van der Waals surface area contributed by atoms with Gasteiger partial charge in [-0.3, -0.25) is 4.79 Å². The van der Waals surface area contributed by atoms with Gasteiger partial charge in [0.15, 0.2) is 5.13 Å². The number of hydrogen-bond acceptors (Lipinski definition) is 7. The number of benzene rings is 1. The number of nitrogens with one attached hydrogen (secondary N) is 1. The number of aromatic nitrogens is 1. The van der Waals surface area contributed by atoms with Crippen molar-refractivity contribution in [2.24, 2.45) is 5.92 Å². The molecule has 30 heavy (non-hydrogen) atoms. The predicted molar refractivity (Wildman–Crippen MR) is 123 cm³/mol. The third kappa shape index (κ3) is 4.54. The first-order chi connectivity index (χ1) is 14.4. The number of fused-ring (bicyclic) bond motifs is 1. The van der Waals surface area contributed by atoms with Crippen molar-refractivity contribution >= 4 is 69.9 Å². The van der Waals surface area contributed by atoms with Gasteiger partial charge in [-0.15, -0.1) is 11.3 Å². The summed E-state index contributed by atoms with van der Waals surface area (Å²) >= 11 is 5.90. The minimum Gasteiger partial charge on any atom is -0.494 e. The molecular weight excluding hydrogens is 510 g/mol. The Morgan fingerprint density at radius 3 is 2.70 bits per heavy atom. The third-order valence-corrected chi connectivity index (χ3v) is 9.79. The molecule has 4 rings (SSSR count). The smallest absolute Gasteiger partial charge is 0.252 e. The Kier molecular flexibility index (Phi) is 6.44. The highest BCUT2D eigenvalue weighted by atomic mass is 79.9. The fourth-order valence-corrected chi connectivity index (χ4v) is 7.88. The second-order valence-electron chi connectivity index (χ2n) is 6.81. The summed E-state index contributed by atoms with van der Waals surface area (Å²) in [5, 5.41) is 3.44. The topological polar surface area (TPSA) is 88.6 Å². The van der Waals surface area contributed by atoms with E-state index in [1.54, 1.807) is 12.1 Å². The van der Waals surface area contributed by atoms with Crippen LogP contribution in [0.5, 0.6) is 5.75 Å². The number of nitrogens with zero attached hydrogens (tertiary/aromatic N) is 2. The average molecular weight is 530 g/mol. The fourth-order valence-electron chi connectivity index (χ4n) is 3.34. The number of thiophene rings is 1. The first-order valence-electron chi connectivity index (χ1n) is 9.46. The van der Waals surface area contributed by atoms with Crippen molar-refractivity contribution in [3.8, 4) is 5.75 Å². The number of piperidine rings is 1. The molecule has 0 saturated carbocycles. The van der Waals surface area contributed by atoms with Crippen LogP contribution in [0.3, 0.4) is 0 Å². The van der Waals surface area contributed by atoms with Gasteiger partial charge >= 0.3 is 0 Å². The highest BCUT2D eigenvalue weighted by Crippen LogP contribution is 2.32. The first-order valence-corrected chi connectivity index (χ1v) is 13.3. The summed E-state index contributed by atoms with van der Waals surface area (Å²) in [6.07, 6.45) is 0.966. The SMILES string of the molecule is CCOc1ccc2nc(NC(=O)C3CCN(S(=O)(=O)c4ccc(Br)s4)CC3)sc2c1. The number of thiazole rings is 1. The van der Waals surface area contributed by atoms with Crippen molar-refractivity contribution in [2.75, 3.05) is 25.0 Å². The monoisotopic (exact) mass is 529 g/mol. The van der Waals surface area contributed by atoms with E-state index >= 15 is 0 Å². The number of rotatable bonds is 6. The lowest BCUT2D eigenvalue weighted by Crippen LogP contribution is -2.41. The summed E-state index contributed by atoms with van der Waals surface area (Å²) < 4.78 is 34.5. The number of sulfonamides is 1. The van der Waals surface area contributed by atoms with Gasteiger partial charge in [0.25, 0.3) is 10.0 Å². The van der Waals surface area contributed by atoms with Crippen LogP contribution >= 0.6 is 38.6 Å². The normalized spacial score (nSPS) is 16.1. The molecule has 0 radical (unpaired) electrons. The van der Waals surface area contributed by atoms with Crippen molar-refractivity contribution < 1.29 is 17.9 Å². The van der Waals surface area contributed by atoms with Gasteiger partial charge < -0.3 is 10.1 Å². The molecule has 2 aromatic heterocycles. The number of ether oxygens (including phenoxy) is 1. The van der Waals surface area contributed by atoms with E-state index < -0.39 is 10.0 Å². The van der Waals surface area contributed by atoms with Gasteiger partial charge in [-0.25, -0.2) is 13.4 Å². The first kappa shape index (κ1) is 21.7. The summed E-state index contributed by atoms with van der Waals surface area (Å²) in [4.78, 5) is 17.2. The molecule has 0 atom stereocenters. The lowest BCUT2D eigenvalue weighted by atomic mass is 9.97. The highest BCUT2D eigenvalue weighted by molar-refractivity contribution is 9.11. The fraction of sp³-hybridized carbons (Fsp3) is 0.368. The summed E-state index contributed by atoms with van der Waals surface area (Å²) in [6.45, 7) is 3.17. The largest absolute Gasteiger partial charge is 0.494 e. The van der Waals surface area contributed by atoms with Gasteiger partial charge in [-0.05, 0) is 66.0 Å². The molecule has 7 nitrogen and oxygen atoms in total. The molecule has 3 aromatic rings. The van der Waals surface area contributed by atoms with Gasteiger partial charge in [-0.2, -0.15) is 4.31 Å². The van der Waals surface area contributed by atoms with Gasteiger partial charge in [0.05, 0.1) is 20.6 Å². The Hall–Kier alpha value is -1.53. The van der Waals surface area contributed by atoms with E-state index in [2.05, 4.69) is 26.2 Å². The van der Waals surface area contributed by atoms with Gasteiger partial charge in [0.1, 0.15) is 9.96 Å². The van der Waals surface area contributed by atoms with Crippen LogP contribution in [0.1, 0.15) is 19.8 Å². The summed E-state index contributed by atoms with van der Waals surface area (Å²) in [6, 6.07) is 8.98. The molecule has 0 spiro atoms. The number of anilines is 1. The minimum absolute atomic E-state index is 0.116. The second-order valence-corrected chi connectivity index (χ2v) is 12.5. The quantitative estimate of drug-likeness (QED) is 0.505. The lowest BCUT2D eigenvalue weighted by Gasteiger charge is -2.29. The van der Waals surface area contributed by atoms with Crippen molar-refractivity contribution in [3.63, 3.8) is 0 Å². The Labute approximate surface area is 191 Å². The highest BCUT2D eigenvalue weighted by Gasteiger charge is 2.33. The molecular formula is C19H20BrN3O4S3. The van der Waals surface area contributed by atoms with Crippen LogP contribution in [0.25, 0.3) is 10.2 Å². The minimum atomic E-state index is -3.51. The van der Waals surface area contributed by atoms with Crippen molar-refractivity contribution in [2.45, 2.75) is 24.0 Å². The number of hydrogen-bond donors (Lipinski definition) is 1. The predicted octanol–water partition coefficient (Wildman–Crippen LogP) is 4.56. The number of carbonyl (C=O) groups is 1. The molecule has 1 aromatic carbocycles. The lowest BCUT2D eigenvalue weighted by molar-refractivity contribution is -0.120. The third-order valence-electron chi connectivity index (χ3n) is 4.87. The molecule has 160 valence electrons. The second kappa shape index (κ2) is 8.91. The molecule has 1 fully saturated rings. The standard InChI is InChI=1S/C19H20BrN3O4S3/c1-2-27-13-3-4-14-15(11-13)28-19(21-14)22-18(24)12-7-9-23(10-8-12)30(25,26)17-6-5-16(20)29-17/h3-6,11-12H,2,7-10H2,1H3,(H,21,22,24). The van der Waals surface area contributed by atoms with Crippen LogP contribution in [-0.4, -0.2) is 43.3 Å². The van der Waals surface area contributed by atoms with Crippen LogP contribution in [-0.2, 0) is 14.8 Å². The molecule has 3 heterocycles. The maximum atomic E-state index is 12.7. The van der Waals surface area contributed by atoms with Gasteiger partial charge in [-0.1, -0.05) is 11.3 Å². The molecule has 1 N–H and O–H groups in total. The molecule has 1 aliphatic heterocycles. The van der Waals surface area contributed by atoms with E-state index in [0.29, 0.717) is 41.9 Å². The zero-order valence-corrected chi connectivity index (χ0v) is 20.2. The Morgan fingerprint density at radius 1 is 1.27 bits per heavy atom. The van der Waals surface area contributed by atoms with Gasteiger partial charge in [0.2, 0.25) is 5.91 Å². The molecule has 0 bridgehead atoms. The van der Waals surface area contributed by atoms with E-state index in [1.165, 1.54) is 27.0 Å². The summed E-state index contributed by atoms with van der Waals surface area (Å²) in [5.74, 6) is 0.422. The molecule has 11 heteroatoms. The number of amides is 1. The van der Waals surface area contributed by atoms with Gasteiger partial charge in [0, 0.05) is 19.0 Å². The zero-order valence-electron chi connectivity index (χ0n) is 16.1. The maximum absolute atomic E-state index is 12.7. The molecule has 1 saturated heterocycles. The Bertz CT molecular complexity index is 1170. The van der Waals surface area contributed by atoms with E-state index in [1.807, 2.05) is 25.1 Å². The van der Waals surface area contributed by atoms with E-state index in [4.69, 9.17) is 4.74 Å². The molecule has 0 unspecified atom stereocenters. The number of halogens is 1. The van der Waals surface area contributed by atoms with Crippen LogP contribution in [0, 0.1) is 5.92 Å². The van der Waals surface area contributed by atoms with Crippen LogP contribution in [0.15, 0.2) is 38.3 Å². The van der Waals surface area contributed by atoms with Crippen molar-refractivity contribution in [3.05, 3.63) is 34.1 Å². The van der Waals surface area contributed by atoms with Crippen molar-refractivity contribution in [1.82, 2.24) is 9.29 Å². The molecule has 1 amide bonds. The van der Waals surface area contributed by atoms with E-state index in [-0.39, 0.29) is 11.8 Å². The zero-order chi connectivity index (χ0) is 21.3. The Balaban J connectivity index is 1.38. The van der Waals surface area contributed by atoms with E-state index in [0.717, 1.165) is 19.8 Å². The summed E-state index contributed by atoms with van der Waals surface area (Å²) in [5.41, 5.74) is 0.807. The molecule has 0 aliphatic carbocycles. The average Bonchev–Trinajstić information content (AvgIpc) is 3.34. The number of carbonyl (C=O) groups excluding carboxylic acids is 1. The molecule has 1 aliphatic rings. The van der Waals surface area contributed by atoms with Crippen molar-refractivity contribution in [1.29, 1.82) is 0 Å². The maximum Gasteiger partial charge on any atom is 0.252 e. The van der Waals surface area contributed by atoms with E-state index in [9.17, 15) is 13.2 Å². The Morgan fingerprint density at radius 2 is 2.03 bits per heavy atom. The summed E-state index contributed by atoms with van der Waals surface area (Å²) in [7, 11) is -3.51.